The predicted octanol–water partition coefficient (Wildman–Crippen LogP) is 3.22. The number of benzene rings is 1. The van der Waals surface area contributed by atoms with Crippen LogP contribution in [0.15, 0.2) is 30.1 Å². The van der Waals surface area contributed by atoms with Gasteiger partial charge in [0, 0.05) is 33.8 Å². The Labute approximate surface area is 133 Å². The summed E-state index contributed by atoms with van der Waals surface area (Å²) in [6.45, 7) is 4.40. The van der Waals surface area contributed by atoms with Gasteiger partial charge >= 0.3 is 0 Å². The Morgan fingerprint density at radius 1 is 1.41 bits per heavy atom. The number of ketones is 1. The van der Waals surface area contributed by atoms with Gasteiger partial charge in [0.1, 0.15) is 5.78 Å². The fourth-order valence-electron chi connectivity index (χ4n) is 3.54. The van der Waals surface area contributed by atoms with E-state index in [2.05, 4.69) is 22.5 Å². The average Bonchev–Trinajstić information content (AvgIpc) is 2.87. The molecule has 0 bridgehead atoms. The van der Waals surface area contributed by atoms with Crippen molar-refractivity contribution in [3.05, 3.63) is 40.7 Å². The van der Waals surface area contributed by atoms with Crippen LogP contribution in [0.3, 0.4) is 0 Å². The Kier molecular flexibility index (Phi) is 2.91. The fraction of sp³-hybridized carbons (Fsp3) is 0.294. The lowest BCUT2D eigenvalue weighted by atomic mass is 9.84. The monoisotopic (exact) mass is 313 g/mol. The first-order chi connectivity index (χ1) is 10.6. The quantitative estimate of drug-likeness (QED) is 0.849. The highest BCUT2D eigenvalue weighted by molar-refractivity contribution is 6.31. The maximum Gasteiger partial charge on any atom is 0.137 e. The molecule has 22 heavy (non-hydrogen) atoms. The van der Waals surface area contributed by atoms with Gasteiger partial charge in [0.25, 0.3) is 0 Å². The van der Waals surface area contributed by atoms with Gasteiger partial charge in [0.15, 0.2) is 0 Å². The number of carbonyl (C=O) groups excluding carboxylic acids is 1. The molecule has 1 aromatic carbocycles. The fourth-order valence-corrected chi connectivity index (χ4v) is 3.70. The molecule has 0 aliphatic carbocycles. The minimum Gasteiger partial charge on any atom is -0.387 e. The largest absolute Gasteiger partial charge is 0.387 e. The summed E-state index contributed by atoms with van der Waals surface area (Å²) in [5.74, 6) is 0.136. The van der Waals surface area contributed by atoms with Crippen LogP contribution in [0.2, 0.25) is 5.02 Å². The van der Waals surface area contributed by atoms with Crippen LogP contribution in [-0.2, 0) is 4.79 Å². The van der Waals surface area contributed by atoms with Crippen molar-refractivity contribution in [2.45, 2.75) is 19.9 Å². The number of nitrogens with zero attached hydrogens (tertiary/aromatic N) is 1. The number of carbonyl (C=O) groups is 1. The molecule has 0 amide bonds. The zero-order valence-corrected chi connectivity index (χ0v) is 13.2. The predicted molar refractivity (Wildman–Crippen MR) is 88.9 cm³/mol. The number of hydrogen-bond acceptors (Lipinski definition) is 4. The Bertz CT molecular complexity index is 843. The molecular weight excluding hydrogens is 298 g/mol. The topological polar surface area (TPSA) is 54.0 Å². The van der Waals surface area contributed by atoms with Crippen molar-refractivity contribution in [1.29, 1.82) is 0 Å². The van der Waals surface area contributed by atoms with E-state index in [4.69, 9.17) is 11.6 Å². The highest BCUT2D eigenvalue weighted by Gasteiger charge is 2.40. The molecule has 0 spiro atoms. The van der Waals surface area contributed by atoms with E-state index in [-0.39, 0.29) is 17.7 Å². The average molecular weight is 314 g/mol. The molecule has 4 nitrogen and oxygen atoms in total. The van der Waals surface area contributed by atoms with Gasteiger partial charge in [0.05, 0.1) is 29.4 Å². The zero-order valence-electron chi connectivity index (χ0n) is 12.4. The van der Waals surface area contributed by atoms with E-state index in [0.717, 1.165) is 27.9 Å². The van der Waals surface area contributed by atoms with Gasteiger partial charge in [-0.1, -0.05) is 17.7 Å². The third-order valence-electron chi connectivity index (χ3n) is 4.64. The van der Waals surface area contributed by atoms with Crippen molar-refractivity contribution < 1.29 is 4.79 Å². The van der Waals surface area contributed by atoms with Crippen LogP contribution in [0.5, 0.6) is 0 Å². The number of allylic oxidation sites excluding steroid dienone is 1. The summed E-state index contributed by atoms with van der Waals surface area (Å²) < 4.78 is 0. The SMILES string of the molecule is CC(=O)C1CNC(C)=C2c3c(cnc4cc(Cl)ccc34)NC21. The van der Waals surface area contributed by atoms with Gasteiger partial charge in [-0.2, -0.15) is 0 Å². The highest BCUT2D eigenvalue weighted by atomic mass is 35.5. The lowest BCUT2D eigenvalue weighted by Gasteiger charge is -2.30. The molecular formula is C17H16ClN3O. The Morgan fingerprint density at radius 3 is 3.00 bits per heavy atom. The number of Topliss-reactive ketones (excluding diaryl/α,β-unsaturated/α-hetero) is 1. The summed E-state index contributed by atoms with van der Waals surface area (Å²) in [6, 6.07) is 5.79. The smallest absolute Gasteiger partial charge is 0.137 e. The van der Waals surface area contributed by atoms with Crippen molar-refractivity contribution in [3.63, 3.8) is 0 Å². The number of anilines is 1. The van der Waals surface area contributed by atoms with Gasteiger partial charge in [-0.05, 0) is 26.0 Å². The van der Waals surface area contributed by atoms with Crippen LogP contribution in [0.1, 0.15) is 19.4 Å². The van der Waals surface area contributed by atoms with E-state index in [1.54, 1.807) is 6.92 Å². The summed E-state index contributed by atoms with van der Waals surface area (Å²) in [7, 11) is 0. The summed E-state index contributed by atoms with van der Waals surface area (Å²) in [5, 5.41) is 8.61. The van der Waals surface area contributed by atoms with Crippen LogP contribution < -0.4 is 10.6 Å². The second-order valence-electron chi connectivity index (χ2n) is 5.97. The molecule has 2 atom stereocenters. The lowest BCUT2D eigenvalue weighted by molar-refractivity contribution is -0.120. The molecule has 2 unspecified atom stereocenters. The summed E-state index contributed by atoms with van der Waals surface area (Å²) >= 11 is 6.08. The summed E-state index contributed by atoms with van der Waals surface area (Å²) in [6.07, 6.45) is 1.84. The Balaban J connectivity index is 1.97. The second kappa shape index (κ2) is 4.71. The number of halogens is 1. The standard InChI is InChI=1S/C17H16ClN3O/c1-8-15-16-11-4-3-10(18)5-13(11)20-7-14(16)21-17(15)12(6-19-8)9(2)22/h3-5,7,12,17,19,21H,6H2,1-2H3. The Morgan fingerprint density at radius 2 is 2.23 bits per heavy atom. The molecule has 4 rings (SSSR count). The van der Waals surface area contributed by atoms with Crippen LogP contribution in [-0.4, -0.2) is 23.4 Å². The first-order valence-electron chi connectivity index (χ1n) is 7.36. The second-order valence-corrected chi connectivity index (χ2v) is 6.40. The molecule has 3 heterocycles. The van der Waals surface area contributed by atoms with E-state index < -0.39 is 0 Å². The van der Waals surface area contributed by atoms with Crippen molar-refractivity contribution >= 4 is 39.5 Å². The lowest BCUT2D eigenvalue weighted by Crippen LogP contribution is -2.43. The van der Waals surface area contributed by atoms with E-state index in [0.29, 0.717) is 11.6 Å². The molecule has 0 saturated heterocycles. The normalized spacial score (nSPS) is 22.9. The van der Waals surface area contributed by atoms with Crippen molar-refractivity contribution in [3.8, 4) is 0 Å². The summed E-state index contributed by atoms with van der Waals surface area (Å²) in [4.78, 5) is 16.5. The molecule has 2 N–H and O–H groups in total. The molecule has 0 radical (unpaired) electrons. The molecule has 2 aliphatic heterocycles. The van der Waals surface area contributed by atoms with Crippen LogP contribution in [0, 0.1) is 5.92 Å². The molecule has 2 aliphatic rings. The molecule has 112 valence electrons. The number of fused-ring (bicyclic) bond motifs is 5. The van der Waals surface area contributed by atoms with E-state index in [1.165, 1.54) is 5.57 Å². The maximum absolute atomic E-state index is 12.0. The van der Waals surface area contributed by atoms with Crippen LogP contribution in [0.25, 0.3) is 16.5 Å². The number of aromatic nitrogens is 1. The number of rotatable bonds is 1. The van der Waals surface area contributed by atoms with Crippen LogP contribution in [0.4, 0.5) is 5.69 Å². The third-order valence-corrected chi connectivity index (χ3v) is 4.87. The molecule has 1 aromatic heterocycles. The van der Waals surface area contributed by atoms with Gasteiger partial charge in [-0.25, -0.2) is 0 Å². The van der Waals surface area contributed by atoms with Gasteiger partial charge in [0.2, 0.25) is 0 Å². The van der Waals surface area contributed by atoms with Crippen molar-refractivity contribution in [2.75, 3.05) is 11.9 Å². The first kappa shape index (κ1) is 13.6. The molecule has 5 heteroatoms. The zero-order chi connectivity index (χ0) is 15.4. The van der Waals surface area contributed by atoms with Gasteiger partial charge in [-0.15, -0.1) is 0 Å². The first-order valence-corrected chi connectivity index (χ1v) is 7.74. The number of pyridine rings is 1. The van der Waals surface area contributed by atoms with E-state index >= 15 is 0 Å². The maximum atomic E-state index is 12.0. The number of hydrogen-bond donors (Lipinski definition) is 2. The molecule has 0 saturated carbocycles. The van der Waals surface area contributed by atoms with Gasteiger partial charge in [-0.3, -0.25) is 9.78 Å². The van der Waals surface area contributed by atoms with Crippen LogP contribution >= 0.6 is 11.6 Å². The Hall–Kier alpha value is -2.07. The number of nitrogens with one attached hydrogen (secondary N) is 2. The molecule has 0 fully saturated rings. The van der Waals surface area contributed by atoms with E-state index in [9.17, 15) is 4.79 Å². The minimum absolute atomic E-state index is 0.0248. The highest BCUT2D eigenvalue weighted by Crippen LogP contribution is 2.44. The van der Waals surface area contributed by atoms with E-state index in [1.807, 2.05) is 24.4 Å². The third kappa shape index (κ3) is 1.83. The van der Waals surface area contributed by atoms with Crippen molar-refractivity contribution in [2.24, 2.45) is 5.92 Å². The summed E-state index contributed by atoms with van der Waals surface area (Å²) in [5.41, 5.74) is 5.30. The minimum atomic E-state index is -0.0616. The van der Waals surface area contributed by atoms with Crippen molar-refractivity contribution in [1.82, 2.24) is 10.3 Å². The van der Waals surface area contributed by atoms with Gasteiger partial charge < -0.3 is 10.6 Å². The molecule has 2 aromatic rings.